The van der Waals surface area contributed by atoms with Crippen LogP contribution in [0.2, 0.25) is 0 Å². The Morgan fingerprint density at radius 2 is 2.36 bits per heavy atom. The van der Waals surface area contributed by atoms with Gasteiger partial charge in [0.05, 0.1) is 0 Å². The molecule has 2 rings (SSSR count). The van der Waals surface area contributed by atoms with Crippen LogP contribution in [0.5, 0.6) is 0 Å². The lowest BCUT2D eigenvalue weighted by atomic mass is 9.84. The van der Waals surface area contributed by atoms with E-state index in [1.165, 1.54) is 25.8 Å². The molecule has 1 saturated heterocycles. The van der Waals surface area contributed by atoms with Gasteiger partial charge in [0.25, 0.3) is 0 Å². The van der Waals surface area contributed by atoms with Gasteiger partial charge in [-0.05, 0) is 31.7 Å². The van der Waals surface area contributed by atoms with E-state index in [-0.39, 0.29) is 17.8 Å². The average molecular weight is 178 g/mol. The van der Waals surface area contributed by atoms with E-state index >= 15 is 0 Å². The lowest BCUT2D eigenvalue weighted by Crippen LogP contribution is -2.41. The van der Waals surface area contributed by atoms with E-state index in [1.54, 1.807) is 0 Å². The Hall–Kier alpha value is 0.210. The van der Waals surface area contributed by atoms with Gasteiger partial charge in [-0.1, -0.05) is 0 Å². The van der Waals surface area contributed by atoms with Crippen molar-refractivity contribution in [2.45, 2.75) is 19.3 Å². The summed E-state index contributed by atoms with van der Waals surface area (Å²) in [6, 6.07) is 0. The fraction of sp³-hybridized carbons (Fsp3) is 1.00. The van der Waals surface area contributed by atoms with E-state index in [4.69, 9.17) is 5.11 Å². The summed E-state index contributed by atoms with van der Waals surface area (Å²) >= 11 is 0. The molecule has 2 N–H and O–H groups in total. The number of aliphatic hydroxyl groups is 1. The highest BCUT2D eigenvalue weighted by Gasteiger charge is 2.41. The van der Waals surface area contributed by atoms with Gasteiger partial charge in [0, 0.05) is 18.6 Å². The summed E-state index contributed by atoms with van der Waals surface area (Å²) in [5.41, 5.74) is 0.281. The molecule has 0 aromatic rings. The Morgan fingerprint density at radius 3 is 3.00 bits per heavy atom. The lowest BCUT2D eigenvalue weighted by molar-refractivity contribution is 0.110. The van der Waals surface area contributed by atoms with Crippen molar-refractivity contribution in [2.24, 2.45) is 11.3 Å². The van der Waals surface area contributed by atoms with Gasteiger partial charge in [-0.15, -0.1) is 12.4 Å². The fourth-order valence-electron chi connectivity index (χ4n) is 2.40. The predicted octanol–water partition coefficient (Wildman–Crippen LogP) is 0.790. The lowest BCUT2D eigenvalue weighted by Gasteiger charge is -2.31. The highest BCUT2D eigenvalue weighted by molar-refractivity contribution is 5.85. The van der Waals surface area contributed by atoms with Crippen molar-refractivity contribution in [2.75, 3.05) is 19.7 Å². The maximum Gasteiger partial charge on any atom is 0.0499 e. The first-order chi connectivity index (χ1) is 4.85. The number of fused-ring (bicyclic) bond motifs is 2. The molecule has 2 unspecified atom stereocenters. The second kappa shape index (κ2) is 3.30. The molecule has 0 amide bonds. The zero-order valence-electron chi connectivity index (χ0n) is 6.68. The molecule has 2 fully saturated rings. The monoisotopic (exact) mass is 177 g/mol. The number of nitrogens with one attached hydrogen (secondary N) is 1. The molecule has 2 aliphatic rings. The van der Waals surface area contributed by atoms with Crippen LogP contribution >= 0.6 is 12.4 Å². The van der Waals surface area contributed by atoms with E-state index < -0.39 is 0 Å². The topological polar surface area (TPSA) is 32.3 Å². The van der Waals surface area contributed by atoms with Crippen molar-refractivity contribution < 1.29 is 5.11 Å². The largest absolute Gasteiger partial charge is 0.396 e. The molecule has 0 aromatic carbocycles. The Balaban J connectivity index is 0.000000605. The molecule has 2 nitrogen and oxygen atoms in total. The van der Waals surface area contributed by atoms with Crippen molar-refractivity contribution >= 4 is 12.4 Å². The summed E-state index contributed by atoms with van der Waals surface area (Å²) in [6.07, 6.45) is 3.82. The second-order valence-corrected chi connectivity index (χ2v) is 3.90. The number of hydrogen-bond acceptors (Lipinski definition) is 2. The molecule has 66 valence electrons. The summed E-state index contributed by atoms with van der Waals surface area (Å²) in [5, 5.41) is 12.5. The van der Waals surface area contributed by atoms with Crippen molar-refractivity contribution in [3.63, 3.8) is 0 Å². The van der Waals surface area contributed by atoms with Gasteiger partial charge in [-0.3, -0.25) is 0 Å². The highest BCUT2D eigenvalue weighted by Crippen LogP contribution is 2.43. The van der Waals surface area contributed by atoms with Crippen LogP contribution in [0.3, 0.4) is 0 Å². The molecule has 1 aliphatic carbocycles. The van der Waals surface area contributed by atoms with Gasteiger partial charge >= 0.3 is 0 Å². The van der Waals surface area contributed by atoms with Crippen molar-refractivity contribution in [1.82, 2.24) is 5.32 Å². The SMILES string of the molecule is Cl.OCC12CCC(CNC1)C2. The van der Waals surface area contributed by atoms with Crippen LogP contribution in [-0.4, -0.2) is 24.8 Å². The number of hydrogen-bond donors (Lipinski definition) is 2. The van der Waals surface area contributed by atoms with Gasteiger partial charge in [0.15, 0.2) is 0 Å². The Kier molecular flexibility index (Phi) is 2.79. The van der Waals surface area contributed by atoms with Gasteiger partial charge in [-0.2, -0.15) is 0 Å². The molecule has 11 heavy (non-hydrogen) atoms. The predicted molar refractivity (Wildman–Crippen MR) is 47.0 cm³/mol. The van der Waals surface area contributed by atoms with E-state index in [0.29, 0.717) is 6.61 Å². The van der Waals surface area contributed by atoms with E-state index in [1.807, 2.05) is 0 Å². The summed E-state index contributed by atoms with van der Waals surface area (Å²) in [6.45, 7) is 2.61. The molecular formula is C8H16ClNO. The molecular weight excluding hydrogens is 162 g/mol. The first-order valence-electron chi connectivity index (χ1n) is 4.16. The normalized spacial score (nSPS) is 41.7. The average Bonchev–Trinajstić information content (AvgIpc) is 2.29. The molecule has 2 bridgehead atoms. The first-order valence-corrected chi connectivity index (χ1v) is 4.16. The van der Waals surface area contributed by atoms with E-state index in [9.17, 15) is 0 Å². The molecule has 1 heterocycles. The van der Waals surface area contributed by atoms with Crippen molar-refractivity contribution in [3.8, 4) is 0 Å². The minimum Gasteiger partial charge on any atom is -0.396 e. The van der Waals surface area contributed by atoms with Crippen LogP contribution in [0.4, 0.5) is 0 Å². The molecule has 0 aromatic heterocycles. The maximum absolute atomic E-state index is 9.13. The van der Waals surface area contributed by atoms with Crippen LogP contribution in [0.15, 0.2) is 0 Å². The maximum atomic E-state index is 9.13. The smallest absolute Gasteiger partial charge is 0.0499 e. The summed E-state index contributed by atoms with van der Waals surface area (Å²) < 4.78 is 0. The zero-order chi connectivity index (χ0) is 7.03. The Bertz CT molecular complexity index is 138. The minimum absolute atomic E-state index is 0. The van der Waals surface area contributed by atoms with Gasteiger partial charge in [-0.25, -0.2) is 0 Å². The molecule has 0 spiro atoms. The zero-order valence-corrected chi connectivity index (χ0v) is 7.49. The summed E-state index contributed by atoms with van der Waals surface area (Å²) in [7, 11) is 0. The number of aliphatic hydroxyl groups excluding tert-OH is 1. The Morgan fingerprint density at radius 1 is 1.55 bits per heavy atom. The number of piperidine rings is 1. The van der Waals surface area contributed by atoms with Crippen LogP contribution < -0.4 is 5.32 Å². The number of rotatable bonds is 1. The van der Waals surface area contributed by atoms with Crippen LogP contribution in [0, 0.1) is 11.3 Å². The van der Waals surface area contributed by atoms with E-state index in [2.05, 4.69) is 5.32 Å². The molecule has 2 atom stereocenters. The quantitative estimate of drug-likeness (QED) is 0.621. The minimum atomic E-state index is 0. The van der Waals surface area contributed by atoms with Crippen molar-refractivity contribution in [1.29, 1.82) is 0 Å². The van der Waals surface area contributed by atoms with Crippen LogP contribution in [-0.2, 0) is 0 Å². The Labute approximate surface area is 73.8 Å². The summed E-state index contributed by atoms with van der Waals surface area (Å²) in [4.78, 5) is 0. The van der Waals surface area contributed by atoms with E-state index in [0.717, 1.165) is 12.5 Å². The van der Waals surface area contributed by atoms with Crippen molar-refractivity contribution in [3.05, 3.63) is 0 Å². The standard InChI is InChI=1S/C8H15NO.ClH/c10-6-8-2-1-7(3-8)4-9-5-8;/h7,9-10H,1-6H2;1H. The third-order valence-corrected chi connectivity index (χ3v) is 3.07. The van der Waals surface area contributed by atoms with Crippen LogP contribution in [0.25, 0.3) is 0 Å². The second-order valence-electron chi connectivity index (χ2n) is 3.90. The molecule has 1 saturated carbocycles. The van der Waals surface area contributed by atoms with Gasteiger partial charge in [0.2, 0.25) is 0 Å². The van der Waals surface area contributed by atoms with Gasteiger partial charge in [0.1, 0.15) is 0 Å². The highest BCUT2D eigenvalue weighted by atomic mass is 35.5. The van der Waals surface area contributed by atoms with Crippen LogP contribution in [0.1, 0.15) is 19.3 Å². The first kappa shape index (κ1) is 9.30. The molecule has 0 radical (unpaired) electrons. The number of halogens is 1. The third-order valence-electron chi connectivity index (χ3n) is 3.07. The third kappa shape index (κ3) is 1.53. The molecule has 3 heteroatoms. The fourth-order valence-corrected chi connectivity index (χ4v) is 2.40. The summed E-state index contributed by atoms with van der Waals surface area (Å²) in [5.74, 6) is 0.862. The molecule has 1 aliphatic heterocycles. The van der Waals surface area contributed by atoms with Gasteiger partial charge < -0.3 is 10.4 Å².